The molecule has 2 rings (SSSR count). The molecule has 90 valence electrons. The topological polar surface area (TPSA) is 42.4 Å². The van der Waals surface area contributed by atoms with Gasteiger partial charge in [0.05, 0.1) is 6.26 Å². The molecule has 1 aliphatic rings. The van der Waals surface area contributed by atoms with Gasteiger partial charge in [-0.3, -0.25) is 4.90 Å². The van der Waals surface area contributed by atoms with Crippen LogP contribution in [0.15, 0.2) is 22.8 Å². The molecular formula is C13H22N2O. The highest BCUT2D eigenvalue weighted by molar-refractivity contribution is 5.01. The van der Waals surface area contributed by atoms with Gasteiger partial charge in [-0.25, -0.2) is 0 Å². The Morgan fingerprint density at radius 2 is 2.31 bits per heavy atom. The van der Waals surface area contributed by atoms with Crippen molar-refractivity contribution in [3.8, 4) is 0 Å². The average Bonchev–Trinajstić information content (AvgIpc) is 2.97. The van der Waals surface area contributed by atoms with Crippen molar-refractivity contribution in [1.82, 2.24) is 4.90 Å². The van der Waals surface area contributed by atoms with Crippen LogP contribution < -0.4 is 5.73 Å². The van der Waals surface area contributed by atoms with Crippen LogP contribution in [0.25, 0.3) is 0 Å². The monoisotopic (exact) mass is 222 g/mol. The van der Waals surface area contributed by atoms with E-state index in [1.165, 1.54) is 12.8 Å². The fourth-order valence-electron chi connectivity index (χ4n) is 2.36. The van der Waals surface area contributed by atoms with Crippen molar-refractivity contribution in [3.05, 3.63) is 24.2 Å². The SMILES string of the molecule is CC(Cc1ccco1)N(C)C(CN)C1CC1. The Morgan fingerprint density at radius 3 is 2.81 bits per heavy atom. The maximum Gasteiger partial charge on any atom is 0.105 e. The van der Waals surface area contributed by atoms with Gasteiger partial charge in [0.15, 0.2) is 0 Å². The van der Waals surface area contributed by atoms with Gasteiger partial charge in [-0.1, -0.05) is 0 Å². The summed E-state index contributed by atoms with van der Waals surface area (Å²) in [5, 5.41) is 0. The number of likely N-dealkylation sites (N-methyl/N-ethyl adjacent to an activating group) is 1. The van der Waals surface area contributed by atoms with E-state index >= 15 is 0 Å². The van der Waals surface area contributed by atoms with Gasteiger partial charge in [-0.05, 0) is 44.9 Å². The van der Waals surface area contributed by atoms with E-state index in [1.54, 1.807) is 6.26 Å². The van der Waals surface area contributed by atoms with E-state index in [0.717, 1.165) is 24.6 Å². The fourth-order valence-corrected chi connectivity index (χ4v) is 2.36. The van der Waals surface area contributed by atoms with Crippen LogP contribution in [0.5, 0.6) is 0 Å². The van der Waals surface area contributed by atoms with Crippen molar-refractivity contribution in [1.29, 1.82) is 0 Å². The molecule has 3 heteroatoms. The van der Waals surface area contributed by atoms with Crippen molar-refractivity contribution >= 4 is 0 Å². The zero-order valence-corrected chi connectivity index (χ0v) is 10.2. The number of hydrogen-bond acceptors (Lipinski definition) is 3. The Bertz CT molecular complexity index is 306. The molecule has 1 fully saturated rings. The largest absolute Gasteiger partial charge is 0.469 e. The van der Waals surface area contributed by atoms with Gasteiger partial charge >= 0.3 is 0 Å². The number of nitrogens with two attached hydrogens (primary N) is 1. The molecule has 1 aromatic heterocycles. The molecule has 0 bridgehead atoms. The molecule has 2 unspecified atom stereocenters. The Hall–Kier alpha value is -0.800. The minimum Gasteiger partial charge on any atom is -0.469 e. The van der Waals surface area contributed by atoms with Gasteiger partial charge in [-0.15, -0.1) is 0 Å². The Morgan fingerprint density at radius 1 is 1.56 bits per heavy atom. The van der Waals surface area contributed by atoms with E-state index in [2.05, 4.69) is 18.9 Å². The van der Waals surface area contributed by atoms with Gasteiger partial charge in [0.25, 0.3) is 0 Å². The molecule has 0 amide bonds. The molecule has 16 heavy (non-hydrogen) atoms. The van der Waals surface area contributed by atoms with E-state index in [-0.39, 0.29) is 0 Å². The molecule has 1 heterocycles. The van der Waals surface area contributed by atoms with Gasteiger partial charge in [0, 0.05) is 25.0 Å². The van der Waals surface area contributed by atoms with Crippen LogP contribution in [0.4, 0.5) is 0 Å². The first kappa shape index (κ1) is 11.7. The van der Waals surface area contributed by atoms with E-state index in [4.69, 9.17) is 10.2 Å². The highest BCUT2D eigenvalue weighted by Gasteiger charge is 2.34. The number of rotatable bonds is 6. The maximum absolute atomic E-state index is 5.86. The number of furan rings is 1. The first-order chi connectivity index (χ1) is 7.72. The molecule has 2 N–H and O–H groups in total. The molecule has 0 saturated heterocycles. The summed E-state index contributed by atoms with van der Waals surface area (Å²) in [5.41, 5.74) is 5.86. The summed E-state index contributed by atoms with van der Waals surface area (Å²) < 4.78 is 5.39. The predicted octanol–water partition coefficient (Wildman–Crippen LogP) is 1.88. The first-order valence-corrected chi connectivity index (χ1v) is 6.16. The third-order valence-corrected chi connectivity index (χ3v) is 3.70. The quantitative estimate of drug-likeness (QED) is 0.799. The second-order valence-electron chi connectivity index (χ2n) is 4.94. The average molecular weight is 222 g/mol. The van der Waals surface area contributed by atoms with Crippen molar-refractivity contribution in [2.24, 2.45) is 11.7 Å². The zero-order chi connectivity index (χ0) is 11.5. The van der Waals surface area contributed by atoms with Crippen molar-refractivity contribution < 1.29 is 4.42 Å². The van der Waals surface area contributed by atoms with Crippen LogP contribution in [0.2, 0.25) is 0 Å². The second kappa shape index (κ2) is 5.02. The highest BCUT2D eigenvalue weighted by atomic mass is 16.3. The van der Waals surface area contributed by atoms with Gasteiger partial charge < -0.3 is 10.2 Å². The molecular weight excluding hydrogens is 200 g/mol. The summed E-state index contributed by atoms with van der Waals surface area (Å²) in [6.45, 7) is 3.01. The third-order valence-electron chi connectivity index (χ3n) is 3.70. The van der Waals surface area contributed by atoms with E-state index in [9.17, 15) is 0 Å². The van der Waals surface area contributed by atoms with E-state index < -0.39 is 0 Å². The lowest BCUT2D eigenvalue weighted by Crippen LogP contribution is -2.45. The van der Waals surface area contributed by atoms with Crippen LogP contribution in [-0.2, 0) is 6.42 Å². The number of hydrogen-bond donors (Lipinski definition) is 1. The summed E-state index contributed by atoms with van der Waals surface area (Å²) in [6, 6.07) is 5.02. The summed E-state index contributed by atoms with van der Waals surface area (Å²) in [7, 11) is 2.18. The molecule has 1 aliphatic carbocycles. The minimum atomic E-state index is 0.486. The Balaban J connectivity index is 1.89. The smallest absolute Gasteiger partial charge is 0.105 e. The molecule has 3 nitrogen and oxygen atoms in total. The standard InChI is InChI=1S/C13H22N2O/c1-10(8-12-4-3-7-16-12)15(2)13(9-14)11-5-6-11/h3-4,7,10-11,13H,5-6,8-9,14H2,1-2H3. The summed E-state index contributed by atoms with van der Waals surface area (Å²) in [5.74, 6) is 1.89. The maximum atomic E-state index is 5.86. The summed E-state index contributed by atoms with van der Waals surface area (Å²) >= 11 is 0. The van der Waals surface area contributed by atoms with E-state index in [0.29, 0.717) is 12.1 Å². The number of nitrogens with zero attached hydrogens (tertiary/aromatic N) is 1. The van der Waals surface area contributed by atoms with Gasteiger partial charge in [0.1, 0.15) is 5.76 Å². The van der Waals surface area contributed by atoms with Crippen molar-refractivity contribution in [2.45, 2.75) is 38.3 Å². The molecule has 0 spiro atoms. The Labute approximate surface area is 97.6 Å². The second-order valence-corrected chi connectivity index (χ2v) is 4.94. The first-order valence-electron chi connectivity index (χ1n) is 6.16. The molecule has 0 radical (unpaired) electrons. The summed E-state index contributed by atoms with van der Waals surface area (Å²) in [4.78, 5) is 2.42. The molecule has 1 aromatic rings. The van der Waals surface area contributed by atoms with Gasteiger partial charge in [-0.2, -0.15) is 0 Å². The van der Waals surface area contributed by atoms with E-state index in [1.807, 2.05) is 12.1 Å². The molecule has 0 aromatic carbocycles. The molecule has 2 atom stereocenters. The lowest BCUT2D eigenvalue weighted by atomic mass is 10.1. The van der Waals surface area contributed by atoms with Crippen molar-refractivity contribution in [3.63, 3.8) is 0 Å². The third kappa shape index (κ3) is 2.66. The lowest BCUT2D eigenvalue weighted by Gasteiger charge is -2.32. The van der Waals surface area contributed by atoms with Crippen LogP contribution in [0, 0.1) is 5.92 Å². The van der Waals surface area contributed by atoms with Crippen LogP contribution in [0.1, 0.15) is 25.5 Å². The zero-order valence-electron chi connectivity index (χ0n) is 10.2. The Kier molecular flexibility index (Phi) is 3.66. The van der Waals surface area contributed by atoms with Gasteiger partial charge in [0.2, 0.25) is 0 Å². The molecule has 1 saturated carbocycles. The van der Waals surface area contributed by atoms with Crippen LogP contribution in [-0.4, -0.2) is 30.6 Å². The minimum absolute atomic E-state index is 0.486. The lowest BCUT2D eigenvalue weighted by molar-refractivity contribution is 0.164. The van der Waals surface area contributed by atoms with Crippen molar-refractivity contribution in [2.75, 3.05) is 13.6 Å². The fraction of sp³-hybridized carbons (Fsp3) is 0.692. The normalized spacial score (nSPS) is 20.0. The summed E-state index contributed by atoms with van der Waals surface area (Å²) in [6.07, 6.45) is 5.40. The van der Waals surface area contributed by atoms with Crippen LogP contribution >= 0.6 is 0 Å². The highest BCUT2D eigenvalue weighted by Crippen LogP contribution is 2.35. The molecule has 0 aliphatic heterocycles. The van der Waals surface area contributed by atoms with Crippen LogP contribution in [0.3, 0.4) is 0 Å². The predicted molar refractivity (Wildman–Crippen MR) is 65.2 cm³/mol.